The minimum atomic E-state index is -0.735. The van der Waals surface area contributed by atoms with Crippen LogP contribution in [0.4, 0.5) is 0 Å². The Morgan fingerprint density at radius 3 is 3.18 bits per heavy atom. The Kier molecular flexibility index (Phi) is 2.33. The van der Waals surface area contributed by atoms with Crippen LogP contribution >= 0.6 is 0 Å². The zero-order valence-corrected chi connectivity index (χ0v) is 9.09. The van der Waals surface area contributed by atoms with Crippen LogP contribution in [0.1, 0.15) is 18.0 Å². The van der Waals surface area contributed by atoms with E-state index in [1.165, 1.54) is 0 Å². The molecular weight excluding hydrogens is 220 g/mol. The number of benzene rings is 1. The summed E-state index contributed by atoms with van der Waals surface area (Å²) in [4.78, 5) is 10.9. The van der Waals surface area contributed by atoms with Crippen molar-refractivity contribution in [2.75, 3.05) is 6.54 Å². The van der Waals surface area contributed by atoms with Crippen LogP contribution in [0.5, 0.6) is 0 Å². The van der Waals surface area contributed by atoms with E-state index in [-0.39, 0.29) is 12.0 Å². The van der Waals surface area contributed by atoms with Crippen LogP contribution in [0.3, 0.4) is 0 Å². The predicted octanol–water partition coefficient (Wildman–Crippen LogP) is 1.56. The van der Waals surface area contributed by atoms with Crippen molar-refractivity contribution >= 4 is 16.9 Å². The molecule has 5 heteroatoms. The predicted molar refractivity (Wildman–Crippen MR) is 60.5 cm³/mol. The number of carboxylic acid groups (broad SMARTS) is 1. The van der Waals surface area contributed by atoms with Crippen LogP contribution in [0, 0.1) is 5.92 Å². The number of carbonyl (C=O) groups is 1. The summed E-state index contributed by atoms with van der Waals surface area (Å²) in [5.74, 6) is -1.04. The van der Waals surface area contributed by atoms with Crippen LogP contribution < -0.4 is 5.32 Å². The molecule has 0 radical (unpaired) electrons. The zero-order valence-electron chi connectivity index (χ0n) is 9.09. The van der Waals surface area contributed by atoms with Gasteiger partial charge in [0.1, 0.15) is 0 Å². The highest BCUT2D eigenvalue weighted by molar-refractivity contribution is 5.76. The van der Waals surface area contributed by atoms with E-state index in [1.807, 2.05) is 18.2 Å². The molecule has 5 nitrogen and oxygen atoms in total. The van der Waals surface area contributed by atoms with Crippen LogP contribution in [0.2, 0.25) is 0 Å². The molecule has 1 aliphatic rings. The normalized spacial score (nSPS) is 24.2. The largest absolute Gasteiger partial charge is 0.481 e. The molecule has 0 spiro atoms. The standard InChI is InChI=1S/C12H12N2O3/c15-12(16)9-3-10(13-5-9)7-1-2-8-6-14-17-11(8)4-7/h1-2,4,6,9-10,13H,3,5H2,(H,15,16). The van der Waals surface area contributed by atoms with E-state index in [2.05, 4.69) is 10.5 Å². The van der Waals surface area contributed by atoms with Gasteiger partial charge in [0.2, 0.25) is 0 Å². The molecule has 1 fully saturated rings. The summed E-state index contributed by atoms with van der Waals surface area (Å²) in [6.07, 6.45) is 2.29. The summed E-state index contributed by atoms with van der Waals surface area (Å²) < 4.78 is 5.10. The summed E-state index contributed by atoms with van der Waals surface area (Å²) in [5, 5.41) is 16.8. The Morgan fingerprint density at radius 1 is 1.53 bits per heavy atom. The number of nitrogens with one attached hydrogen (secondary N) is 1. The van der Waals surface area contributed by atoms with E-state index in [0.717, 1.165) is 16.5 Å². The molecule has 17 heavy (non-hydrogen) atoms. The second-order valence-electron chi connectivity index (χ2n) is 4.35. The quantitative estimate of drug-likeness (QED) is 0.821. The molecule has 0 saturated carbocycles. The molecule has 1 aromatic heterocycles. The average molecular weight is 232 g/mol. The third-order valence-electron chi connectivity index (χ3n) is 3.26. The molecule has 3 rings (SSSR count). The zero-order chi connectivity index (χ0) is 11.8. The van der Waals surface area contributed by atoms with Gasteiger partial charge in [-0.25, -0.2) is 0 Å². The Balaban J connectivity index is 1.87. The first-order valence-electron chi connectivity index (χ1n) is 5.54. The molecule has 1 aromatic carbocycles. The van der Waals surface area contributed by atoms with Crippen molar-refractivity contribution in [2.24, 2.45) is 5.92 Å². The molecule has 2 unspecified atom stereocenters. The highest BCUT2D eigenvalue weighted by Crippen LogP contribution is 2.29. The third-order valence-corrected chi connectivity index (χ3v) is 3.26. The molecule has 1 saturated heterocycles. The van der Waals surface area contributed by atoms with Gasteiger partial charge in [0.25, 0.3) is 0 Å². The number of hydrogen-bond acceptors (Lipinski definition) is 4. The fourth-order valence-electron chi connectivity index (χ4n) is 2.27. The van der Waals surface area contributed by atoms with E-state index in [4.69, 9.17) is 9.63 Å². The van der Waals surface area contributed by atoms with Gasteiger partial charge < -0.3 is 14.9 Å². The average Bonchev–Trinajstić information content (AvgIpc) is 2.97. The molecule has 0 aliphatic carbocycles. The minimum Gasteiger partial charge on any atom is -0.481 e. The van der Waals surface area contributed by atoms with Gasteiger partial charge in [0.05, 0.1) is 12.1 Å². The van der Waals surface area contributed by atoms with Gasteiger partial charge in [0.15, 0.2) is 5.58 Å². The van der Waals surface area contributed by atoms with Gasteiger partial charge in [-0.2, -0.15) is 0 Å². The van der Waals surface area contributed by atoms with Gasteiger partial charge in [0, 0.05) is 18.0 Å². The lowest BCUT2D eigenvalue weighted by atomic mass is 10.00. The van der Waals surface area contributed by atoms with Crippen molar-refractivity contribution in [1.82, 2.24) is 10.5 Å². The monoisotopic (exact) mass is 232 g/mol. The van der Waals surface area contributed by atoms with E-state index >= 15 is 0 Å². The molecule has 2 heterocycles. The van der Waals surface area contributed by atoms with Crippen LogP contribution in [0.15, 0.2) is 28.9 Å². The highest BCUT2D eigenvalue weighted by Gasteiger charge is 2.30. The van der Waals surface area contributed by atoms with Crippen LogP contribution in [-0.4, -0.2) is 22.8 Å². The molecule has 88 valence electrons. The van der Waals surface area contributed by atoms with Gasteiger partial charge in [-0.15, -0.1) is 0 Å². The third kappa shape index (κ3) is 1.78. The molecule has 0 bridgehead atoms. The lowest BCUT2D eigenvalue weighted by Gasteiger charge is -2.09. The number of nitrogens with zero attached hydrogens (tertiary/aromatic N) is 1. The van der Waals surface area contributed by atoms with Crippen molar-refractivity contribution in [3.05, 3.63) is 30.0 Å². The maximum Gasteiger partial charge on any atom is 0.307 e. The van der Waals surface area contributed by atoms with E-state index in [1.54, 1.807) is 6.20 Å². The fourth-order valence-corrected chi connectivity index (χ4v) is 2.27. The summed E-state index contributed by atoms with van der Waals surface area (Å²) >= 11 is 0. The van der Waals surface area contributed by atoms with Crippen molar-refractivity contribution in [3.8, 4) is 0 Å². The molecule has 1 aliphatic heterocycles. The first-order chi connectivity index (χ1) is 8.24. The van der Waals surface area contributed by atoms with Crippen LogP contribution in [0.25, 0.3) is 11.0 Å². The number of aliphatic carboxylic acids is 1. The SMILES string of the molecule is O=C(O)C1CNC(c2ccc3cnoc3c2)C1. The second kappa shape index (κ2) is 3.85. The second-order valence-corrected chi connectivity index (χ2v) is 4.35. The summed E-state index contributed by atoms with van der Waals surface area (Å²) in [6.45, 7) is 0.522. The number of fused-ring (bicyclic) bond motifs is 1. The van der Waals surface area contributed by atoms with Crippen molar-refractivity contribution in [1.29, 1.82) is 0 Å². The Labute approximate surface area is 97.4 Å². The van der Waals surface area contributed by atoms with E-state index in [9.17, 15) is 4.79 Å². The molecule has 2 aromatic rings. The van der Waals surface area contributed by atoms with Crippen LogP contribution in [-0.2, 0) is 4.79 Å². The molecular formula is C12H12N2O3. The summed E-state index contributed by atoms with van der Waals surface area (Å²) in [7, 11) is 0. The lowest BCUT2D eigenvalue weighted by Crippen LogP contribution is -2.17. The Bertz CT molecular complexity index is 564. The topological polar surface area (TPSA) is 75.4 Å². The van der Waals surface area contributed by atoms with E-state index < -0.39 is 5.97 Å². The molecule has 2 N–H and O–H groups in total. The number of hydrogen-bond donors (Lipinski definition) is 2. The summed E-state index contributed by atoms with van der Waals surface area (Å²) in [6, 6.07) is 5.94. The van der Waals surface area contributed by atoms with Gasteiger partial charge in [-0.05, 0) is 24.1 Å². The maximum absolute atomic E-state index is 10.9. The Morgan fingerprint density at radius 2 is 2.41 bits per heavy atom. The molecule has 0 amide bonds. The van der Waals surface area contributed by atoms with E-state index in [0.29, 0.717) is 13.0 Å². The van der Waals surface area contributed by atoms with Crippen molar-refractivity contribution in [3.63, 3.8) is 0 Å². The number of carboxylic acids is 1. The molecule has 2 atom stereocenters. The smallest absolute Gasteiger partial charge is 0.307 e. The van der Waals surface area contributed by atoms with Crippen molar-refractivity contribution < 1.29 is 14.4 Å². The maximum atomic E-state index is 10.9. The van der Waals surface area contributed by atoms with Gasteiger partial charge >= 0.3 is 5.97 Å². The Hall–Kier alpha value is -1.88. The van der Waals surface area contributed by atoms with Gasteiger partial charge in [-0.3, -0.25) is 4.79 Å². The summed E-state index contributed by atoms with van der Waals surface area (Å²) in [5.41, 5.74) is 1.79. The minimum absolute atomic E-state index is 0.0885. The number of aromatic nitrogens is 1. The first kappa shape index (κ1) is 10.3. The lowest BCUT2D eigenvalue weighted by molar-refractivity contribution is -0.141. The number of rotatable bonds is 2. The first-order valence-corrected chi connectivity index (χ1v) is 5.54. The highest BCUT2D eigenvalue weighted by atomic mass is 16.5. The fraction of sp³-hybridized carbons (Fsp3) is 0.333. The van der Waals surface area contributed by atoms with Crippen molar-refractivity contribution in [2.45, 2.75) is 12.5 Å². The van der Waals surface area contributed by atoms with Gasteiger partial charge in [-0.1, -0.05) is 11.2 Å².